The van der Waals surface area contributed by atoms with Crippen LogP contribution in [-0.4, -0.2) is 32.4 Å². The summed E-state index contributed by atoms with van der Waals surface area (Å²) in [5.41, 5.74) is 1.22. The molecule has 5 nitrogen and oxygen atoms in total. The van der Waals surface area contributed by atoms with Gasteiger partial charge in [0.05, 0.1) is 24.1 Å². The first-order valence-corrected chi connectivity index (χ1v) is 9.10. The summed E-state index contributed by atoms with van der Waals surface area (Å²) in [5, 5.41) is 3.99. The molecule has 2 rings (SSSR count). The van der Waals surface area contributed by atoms with Crippen LogP contribution >= 0.6 is 11.3 Å². The van der Waals surface area contributed by atoms with E-state index in [0.29, 0.717) is 27.0 Å². The third-order valence-corrected chi connectivity index (χ3v) is 5.01. The number of thiazole rings is 1. The van der Waals surface area contributed by atoms with Crippen molar-refractivity contribution in [2.24, 2.45) is 5.92 Å². The molecule has 0 spiro atoms. The number of rotatable bonds is 5. The van der Waals surface area contributed by atoms with E-state index in [0.717, 1.165) is 6.20 Å². The molecule has 118 valence electrons. The average Bonchev–Trinajstić information content (AvgIpc) is 2.79. The molecule has 1 amide bonds. The maximum atomic E-state index is 13.2. The Balaban J connectivity index is 2.15. The first-order chi connectivity index (χ1) is 10.4. The van der Waals surface area contributed by atoms with Crippen molar-refractivity contribution >= 4 is 33.4 Å². The maximum absolute atomic E-state index is 13.2. The lowest BCUT2D eigenvalue weighted by Crippen LogP contribution is -2.26. The van der Waals surface area contributed by atoms with Gasteiger partial charge in [0.15, 0.2) is 0 Å². The second-order valence-corrected chi connectivity index (χ2v) is 7.43. The van der Waals surface area contributed by atoms with E-state index in [-0.39, 0.29) is 11.8 Å². The number of halogens is 1. The van der Waals surface area contributed by atoms with Gasteiger partial charge in [-0.25, -0.2) is 9.37 Å². The maximum Gasteiger partial charge on any atom is 0.232 e. The van der Waals surface area contributed by atoms with Crippen molar-refractivity contribution in [3.05, 3.63) is 30.0 Å². The molecule has 2 aromatic rings. The third-order valence-electron chi connectivity index (χ3n) is 2.92. The molecule has 0 aliphatic carbocycles. The van der Waals surface area contributed by atoms with Gasteiger partial charge in [-0.3, -0.25) is 9.78 Å². The van der Waals surface area contributed by atoms with Gasteiger partial charge in [-0.05, 0) is 19.9 Å². The highest BCUT2D eigenvalue weighted by Gasteiger charge is 2.20. The predicted molar refractivity (Wildman–Crippen MR) is 86.8 cm³/mol. The summed E-state index contributed by atoms with van der Waals surface area (Å²) in [4.78, 5) is 20.2. The standard InChI is InChI=1S/C14H16FN3O2S2/c1-8(7-22(3)20)12(19)18-13-9(2)17-14(21-13)10-4-11(15)6-16-5-10/h4-6,8H,7H2,1-3H3,(H,18,19). The van der Waals surface area contributed by atoms with Crippen molar-refractivity contribution in [2.45, 2.75) is 13.8 Å². The van der Waals surface area contributed by atoms with Crippen molar-refractivity contribution in [2.75, 3.05) is 17.3 Å². The fraction of sp³-hybridized carbons (Fsp3) is 0.357. The molecule has 0 aliphatic rings. The molecule has 2 atom stereocenters. The van der Waals surface area contributed by atoms with Crippen molar-refractivity contribution in [1.29, 1.82) is 0 Å². The second kappa shape index (κ2) is 7.17. The van der Waals surface area contributed by atoms with Gasteiger partial charge in [0.25, 0.3) is 0 Å². The molecule has 2 heterocycles. The van der Waals surface area contributed by atoms with E-state index >= 15 is 0 Å². The quantitative estimate of drug-likeness (QED) is 0.848. The average molecular weight is 341 g/mol. The van der Waals surface area contributed by atoms with Gasteiger partial charge >= 0.3 is 0 Å². The molecule has 0 aliphatic heterocycles. The zero-order chi connectivity index (χ0) is 16.3. The van der Waals surface area contributed by atoms with Gasteiger partial charge in [-0.15, -0.1) is 0 Å². The highest BCUT2D eigenvalue weighted by Crippen LogP contribution is 2.31. The van der Waals surface area contributed by atoms with Crippen LogP contribution in [0.3, 0.4) is 0 Å². The fourth-order valence-corrected chi connectivity index (χ4v) is 3.63. The minimum atomic E-state index is -1.03. The summed E-state index contributed by atoms with van der Waals surface area (Å²) in [6.45, 7) is 3.50. The first-order valence-electron chi connectivity index (χ1n) is 6.56. The molecule has 2 aromatic heterocycles. The number of aromatic nitrogens is 2. The largest absolute Gasteiger partial charge is 0.617 e. The van der Waals surface area contributed by atoms with Gasteiger partial charge in [0.1, 0.15) is 21.6 Å². The zero-order valence-corrected chi connectivity index (χ0v) is 14.1. The predicted octanol–water partition coefficient (Wildman–Crippen LogP) is 2.61. The molecule has 22 heavy (non-hydrogen) atoms. The Bertz CT molecular complexity index is 676. The lowest BCUT2D eigenvalue weighted by atomic mass is 10.2. The van der Waals surface area contributed by atoms with Crippen LogP contribution in [0.4, 0.5) is 9.39 Å². The summed E-state index contributed by atoms with van der Waals surface area (Å²) in [6, 6.07) is 1.35. The topological polar surface area (TPSA) is 77.9 Å². The van der Waals surface area contributed by atoms with Gasteiger partial charge in [0.2, 0.25) is 5.91 Å². The number of carbonyl (C=O) groups excluding carboxylic acids is 1. The summed E-state index contributed by atoms with van der Waals surface area (Å²) in [5.74, 6) is -0.683. The number of nitrogens with zero attached hydrogens (tertiary/aromatic N) is 2. The van der Waals surface area contributed by atoms with Crippen LogP contribution in [0.15, 0.2) is 18.5 Å². The van der Waals surface area contributed by atoms with Crippen molar-refractivity contribution in [3.63, 3.8) is 0 Å². The number of pyridine rings is 1. The van der Waals surface area contributed by atoms with E-state index in [1.165, 1.54) is 23.6 Å². The number of aryl methyl sites for hydroxylation is 1. The van der Waals surface area contributed by atoms with E-state index in [2.05, 4.69) is 15.3 Å². The van der Waals surface area contributed by atoms with Crippen LogP contribution in [0.2, 0.25) is 0 Å². The second-order valence-electron chi connectivity index (χ2n) is 4.96. The van der Waals surface area contributed by atoms with E-state index in [1.807, 2.05) is 0 Å². The zero-order valence-electron chi connectivity index (χ0n) is 12.4. The highest BCUT2D eigenvalue weighted by atomic mass is 32.2. The molecule has 0 saturated carbocycles. The Morgan fingerprint density at radius 2 is 2.27 bits per heavy atom. The van der Waals surface area contributed by atoms with Crippen LogP contribution in [0, 0.1) is 18.7 Å². The number of hydrogen-bond acceptors (Lipinski definition) is 5. The SMILES string of the molecule is Cc1nc(-c2cncc(F)c2)sc1NC(=O)C(C)C[S+](C)[O-]. The highest BCUT2D eigenvalue weighted by molar-refractivity contribution is 7.90. The number of anilines is 1. The molecular formula is C14H16FN3O2S2. The van der Waals surface area contributed by atoms with Crippen molar-refractivity contribution in [1.82, 2.24) is 9.97 Å². The van der Waals surface area contributed by atoms with Crippen LogP contribution in [-0.2, 0) is 16.0 Å². The van der Waals surface area contributed by atoms with Crippen LogP contribution in [0.25, 0.3) is 10.6 Å². The number of amides is 1. The lowest BCUT2D eigenvalue weighted by molar-refractivity contribution is -0.118. The summed E-state index contributed by atoms with van der Waals surface area (Å²) in [7, 11) is 0. The molecule has 0 saturated heterocycles. The minimum absolute atomic E-state index is 0.203. The normalized spacial score (nSPS) is 13.7. The number of nitrogens with one attached hydrogen (secondary N) is 1. The van der Waals surface area contributed by atoms with Gasteiger partial charge < -0.3 is 9.87 Å². The van der Waals surface area contributed by atoms with Crippen LogP contribution in [0.1, 0.15) is 12.6 Å². The summed E-state index contributed by atoms with van der Waals surface area (Å²) >= 11 is 0.231. The Kier molecular flexibility index (Phi) is 5.49. The smallest absolute Gasteiger partial charge is 0.232 e. The van der Waals surface area contributed by atoms with E-state index < -0.39 is 17.0 Å². The Morgan fingerprint density at radius 3 is 2.91 bits per heavy atom. The van der Waals surface area contributed by atoms with E-state index in [4.69, 9.17) is 0 Å². The molecule has 2 unspecified atom stereocenters. The van der Waals surface area contributed by atoms with E-state index in [1.54, 1.807) is 20.1 Å². The Hall–Kier alpha value is -1.51. The third kappa shape index (κ3) is 4.25. The molecule has 8 heteroatoms. The van der Waals surface area contributed by atoms with Gasteiger partial charge in [-0.2, -0.15) is 0 Å². The van der Waals surface area contributed by atoms with Crippen molar-refractivity contribution in [3.8, 4) is 10.6 Å². The number of hydrogen-bond donors (Lipinski definition) is 1. The lowest BCUT2D eigenvalue weighted by Gasteiger charge is -2.12. The molecule has 0 aromatic carbocycles. The number of carbonyl (C=O) groups is 1. The molecule has 0 bridgehead atoms. The van der Waals surface area contributed by atoms with Gasteiger partial charge in [0, 0.05) is 11.8 Å². The monoisotopic (exact) mass is 341 g/mol. The first kappa shape index (κ1) is 16.9. The molecule has 0 radical (unpaired) electrons. The summed E-state index contributed by atoms with van der Waals surface area (Å²) < 4.78 is 24.4. The van der Waals surface area contributed by atoms with Gasteiger partial charge in [-0.1, -0.05) is 22.5 Å². The molecule has 0 fully saturated rings. The summed E-state index contributed by atoms with van der Waals surface area (Å²) in [6.07, 6.45) is 4.21. The van der Waals surface area contributed by atoms with E-state index in [9.17, 15) is 13.7 Å². The molecule has 1 N–H and O–H groups in total. The Morgan fingerprint density at radius 1 is 1.55 bits per heavy atom. The fourth-order valence-electron chi connectivity index (χ4n) is 1.83. The Labute approximate surface area is 135 Å². The minimum Gasteiger partial charge on any atom is -0.617 e. The van der Waals surface area contributed by atoms with Crippen LogP contribution < -0.4 is 5.32 Å². The van der Waals surface area contributed by atoms with Crippen molar-refractivity contribution < 1.29 is 13.7 Å². The molecular weight excluding hydrogens is 325 g/mol. The van der Waals surface area contributed by atoms with Crippen LogP contribution in [0.5, 0.6) is 0 Å².